The minimum absolute atomic E-state index is 0.0243. The largest absolute Gasteiger partial charge is 0.506 e. The van der Waals surface area contributed by atoms with Crippen molar-refractivity contribution in [2.24, 2.45) is 0 Å². The van der Waals surface area contributed by atoms with Gasteiger partial charge in [-0.2, -0.15) is 0 Å². The first-order valence-corrected chi connectivity index (χ1v) is 3.01. The van der Waals surface area contributed by atoms with Gasteiger partial charge in [0.2, 0.25) is 0 Å². The van der Waals surface area contributed by atoms with Gasteiger partial charge in [0.1, 0.15) is 5.75 Å². The van der Waals surface area contributed by atoms with E-state index in [4.69, 9.17) is 5.11 Å². The minimum Gasteiger partial charge on any atom is -0.506 e. The van der Waals surface area contributed by atoms with Crippen molar-refractivity contribution >= 4 is 5.97 Å². The van der Waals surface area contributed by atoms with Gasteiger partial charge in [-0.3, -0.25) is 9.78 Å². The fraction of sp³-hybridized carbons (Fsp3) is 0.143. The van der Waals surface area contributed by atoms with Crippen LogP contribution >= 0.6 is 0 Å². The molecule has 0 aliphatic heterocycles. The quantitative estimate of drug-likeness (QED) is 0.603. The molecule has 1 aromatic rings. The van der Waals surface area contributed by atoms with Crippen molar-refractivity contribution in [1.82, 2.24) is 4.98 Å². The maximum atomic E-state index is 10.4. The van der Waals surface area contributed by atoms with Crippen LogP contribution in [0.3, 0.4) is 0 Å². The molecular formula is C7H7NO3. The highest BCUT2D eigenvalue weighted by atomic mass is 16.5. The highest BCUT2D eigenvalue weighted by Crippen LogP contribution is 2.15. The standard InChI is InChI=1S/C7H7NO3/c1-5(9)11-7-2-6(10)3-8-4-7/h2-4,10H,1H3. The number of carbonyl (C=O) groups is 1. The van der Waals surface area contributed by atoms with Gasteiger partial charge in [0.25, 0.3) is 0 Å². The lowest BCUT2D eigenvalue weighted by Crippen LogP contribution is -2.01. The van der Waals surface area contributed by atoms with Crippen LogP contribution in [-0.4, -0.2) is 16.1 Å². The van der Waals surface area contributed by atoms with E-state index in [2.05, 4.69) is 9.72 Å². The molecule has 1 N–H and O–H groups in total. The monoisotopic (exact) mass is 153 g/mol. The molecule has 0 saturated heterocycles. The Labute approximate surface area is 63.5 Å². The van der Waals surface area contributed by atoms with Crippen molar-refractivity contribution in [1.29, 1.82) is 0 Å². The molecule has 0 aromatic carbocycles. The molecule has 0 radical (unpaired) electrons. The summed E-state index contributed by atoms with van der Waals surface area (Å²) in [5.41, 5.74) is 0. The van der Waals surface area contributed by atoms with E-state index in [9.17, 15) is 4.79 Å². The number of carbonyl (C=O) groups excluding carboxylic acids is 1. The predicted octanol–water partition coefficient (Wildman–Crippen LogP) is 0.712. The summed E-state index contributed by atoms with van der Waals surface area (Å²) < 4.78 is 4.63. The van der Waals surface area contributed by atoms with Crippen LogP contribution in [0.25, 0.3) is 0 Å². The molecule has 4 nitrogen and oxygen atoms in total. The maximum Gasteiger partial charge on any atom is 0.308 e. The Kier molecular flexibility index (Phi) is 2.06. The first-order chi connectivity index (χ1) is 5.18. The van der Waals surface area contributed by atoms with Crippen molar-refractivity contribution in [2.75, 3.05) is 0 Å². The Hall–Kier alpha value is -1.58. The lowest BCUT2D eigenvalue weighted by atomic mass is 10.4. The number of hydrogen-bond acceptors (Lipinski definition) is 4. The zero-order valence-corrected chi connectivity index (χ0v) is 5.94. The van der Waals surface area contributed by atoms with E-state index in [1.807, 2.05) is 0 Å². The van der Waals surface area contributed by atoms with E-state index < -0.39 is 5.97 Å². The second-order valence-electron chi connectivity index (χ2n) is 1.97. The van der Waals surface area contributed by atoms with E-state index in [1.54, 1.807) is 0 Å². The predicted molar refractivity (Wildman–Crippen MR) is 37.2 cm³/mol. The summed E-state index contributed by atoms with van der Waals surface area (Å²) in [4.78, 5) is 14.0. The van der Waals surface area contributed by atoms with Gasteiger partial charge in [-0.1, -0.05) is 0 Å². The first kappa shape index (κ1) is 7.53. The van der Waals surface area contributed by atoms with Crippen molar-refractivity contribution in [3.8, 4) is 11.5 Å². The molecule has 0 atom stereocenters. The molecule has 1 rings (SSSR count). The molecule has 0 aliphatic rings. The smallest absolute Gasteiger partial charge is 0.308 e. The molecule has 1 heterocycles. The Morgan fingerprint density at radius 3 is 2.91 bits per heavy atom. The average molecular weight is 153 g/mol. The number of aromatic nitrogens is 1. The number of aromatic hydroxyl groups is 1. The van der Waals surface area contributed by atoms with E-state index in [-0.39, 0.29) is 11.5 Å². The van der Waals surface area contributed by atoms with Gasteiger partial charge in [-0.05, 0) is 0 Å². The van der Waals surface area contributed by atoms with Crippen LogP contribution in [-0.2, 0) is 4.79 Å². The first-order valence-electron chi connectivity index (χ1n) is 3.01. The van der Waals surface area contributed by atoms with Gasteiger partial charge in [-0.15, -0.1) is 0 Å². The Morgan fingerprint density at radius 2 is 2.36 bits per heavy atom. The topological polar surface area (TPSA) is 59.4 Å². The SMILES string of the molecule is CC(=O)Oc1cncc(O)c1. The summed E-state index contributed by atoms with van der Waals surface area (Å²) in [5.74, 6) is -0.210. The van der Waals surface area contributed by atoms with Gasteiger partial charge in [0.05, 0.1) is 12.4 Å². The fourth-order valence-corrected chi connectivity index (χ4v) is 0.629. The van der Waals surface area contributed by atoms with Crippen LogP contribution < -0.4 is 4.74 Å². The third-order valence-electron chi connectivity index (χ3n) is 0.960. The van der Waals surface area contributed by atoms with Crippen molar-refractivity contribution in [2.45, 2.75) is 6.92 Å². The number of ether oxygens (including phenoxy) is 1. The van der Waals surface area contributed by atoms with Crippen molar-refractivity contribution in [3.05, 3.63) is 18.5 Å². The van der Waals surface area contributed by atoms with E-state index in [0.717, 1.165) is 0 Å². The molecular weight excluding hydrogens is 146 g/mol. The number of rotatable bonds is 1. The van der Waals surface area contributed by atoms with Gasteiger partial charge in [0, 0.05) is 13.0 Å². The normalized spacial score (nSPS) is 9.18. The van der Waals surface area contributed by atoms with Gasteiger partial charge >= 0.3 is 5.97 Å². The fourth-order valence-electron chi connectivity index (χ4n) is 0.629. The van der Waals surface area contributed by atoms with Crippen LogP contribution in [0.4, 0.5) is 0 Å². The Balaban J connectivity index is 2.79. The number of esters is 1. The van der Waals surface area contributed by atoms with E-state index in [1.165, 1.54) is 25.4 Å². The van der Waals surface area contributed by atoms with E-state index >= 15 is 0 Å². The third-order valence-corrected chi connectivity index (χ3v) is 0.960. The molecule has 0 bridgehead atoms. The summed E-state index contributed by atoms with van der Waals surface area (Å²) in [6, 6.07) is 1.31. The average Bonchev–Trinajstić information content (AvgIpc) is 1.85. The number of nitrogens with zero attached hydrogens (tertiary/aromatic N) is 1. The molecule has 1 aromatic heterocycles. The summed E-state index contributed by atoms with van der Waals surface area (Å²) in [5, 5.41) is 8.87. The molecule has 0 saturated carbocycles. The Bertz CT molecular complexity index is 272. The van der Waals surface area contributed by atoms with Crippen LogP contribution in [0.5, 0.6) is 11.5 Å². The molecule has 0 fully saturated rings. The summed E-state index contributed by atoms with van der Waals surface area (Å²) in [7, 11) is 0. The third kappa shape index (κ3) is 2.25. The number of pyridine rings is 1. The maximum absolute atomic E-state index is 10.4. The molecule has 4 heteroatoms. The van der Waals surface area contributed by atoms with Crippen molar-refractivity contribution < 1.29 is 14.6 Å². The van der Waals surface area contributed by atoms with Crippen LogP contribution in [0.2, 0.25) is 0 Å². The summed E-state index contributed by atoms with van der Waals surface area (Å²) in [6.07, 6.45) is 2.61. The lowest BCUT2D eigenvalue weighted by molar-refractivity contribution is -0.131. The second-order valence-corrected chi connectivity index (χ2v) is 1.97. The molecule has 11 heavy (non-hydrogen) atoms. The van der Waals surface area contributed by atoms with Crippen molar-refractivity contribution in [3.63, 3.8) is 0 Å². The highest BCUT2D eigenvalue weighted by molar-refractivity contribution is 5.69. The molecule has 0 amide bonds. The highest BCUT2D eigenvalue weighted by Gasteiger charge is 1.98. The molecule has 0 spiro atoms. The molecule has 0 aliphatic carbocycles. The van der Waals surface area contributed by atoms with Gasteiger partial charge in [0.15, 0.2) is 5.75 Å². The van der Waals surface area contributed by atoms with Crippen LogP contribution in [0.15, 0.2) is 18.5 Å². The zero-order valence-electron chi connectivity index (χ0n) is 5.94. The lowest BCUT2D eigenvalue weighted by Gasteiger charge is -1.98. The Morgan fingerprint density at radius 1 is 1.64 bits per heavy atom. The second kappa shape index (κ2) is 3.01. The molecule has 0 unspecified atom stereocenters. The van der Waals surface area contributed by atoms with Gasteiger partial charge in [-0.25, -0.2) is 0 Å². The van der Waals surface area contributed by atoms with Crippen LogP contribution in [0.1, 0.15) is 6.92 Å². The summed E-state index contributed by atoms with van der Waals surface area (Å²) >= 11 is 0. The minimum atomic E-state index is -0.433. The number of hydrogen-bond donors (Lipinski definition) is 1. The van der Waals surface area contributed by atoms with Crippen LogP contribution in [0, 0.1) is 0 Å². The summed E-state index contributed by atoms with van der Waals surface area (Å²) in [6.45, 7) is 1.28. The van der Waals surface area contributed by atoms with E-state index in [0.29, 0.717) is 0 Å². The molecule has 58 valence electrons. The van der Waals surface area contributed by atoms with Gasteiger partial charge < -0.3 is 9.84 Å². The zero-order chi connectivity index (χ0) is 8.27.